The number of halogens is 3. The Labute approximate surface area is 173 Å². The van der Waals surface area contributed by atoms with Gasteiger partial charge in [0.25, 0.3) is 0 Å². The average molecular weight is 413 g/mol. The summed E-state index contributed by atoms with van der Waals surface area (Å²) in [6.07, 6.45) is -1.51. The number of rotatable bonds is 5. The minimum absolute atomic E-state index is 0.249. The van der Waals surface area contributed by atoms with E-state index < -0.39 is 11.7 Å². The van der Waals surface area contributed by atoms with Crippen molar-refractivity contribution in [3.63, 3.8) is 0 Å². The van der Waals surface area contributed by atoms with Crippen molar-refractivity contribution in [2.75, 3.05) is 7.05 Å². The molecular weight excluding hydrogens is 391 g/mol. The standard InChI is InChI=1S/C23H22F3N3O/c1-16-21(17(2)29(27-16)20-7-5-4-6-8-20)15-28(3)22(30)14-11-18-9-12-19(13-10-18)23(24,25)26/h4-14H,15H2,1-3H3/b14-11+. The second kappa shape index (κ2) is 8.57. The van der Waals surface area contributed by atoms with Crippen LogP contribution in [0, 0.1) is 13.8 Å². The lowest BCUT2D eigenvalue weighted by atomic mass is 10.1. The molecule has 0 atom stereocenters. The van der Waals surface area contributed by atoms with Gasteiger partial charge in [0, 0.05) is 30.9 Å². The quantitative estimate of drug-likeness (QED) is 0.541. The zero-order chi connectivity index (χ0) is 21.9. The predicted molar refractivity (Wildman–Crippen MR) is 110 cm³/mol. The van der Waals surface area contributed by atoms with Crippen LogP contribution in [0.4, 0.5) is 13.2 Å². The number of carbonyl (C=O) groups is 1. The van der Waals surface area contributed by atoms with Crippen LogP contribution in [0.1, 0.15) is 28.1 Å². The van der Waals surface area contributed by atoms with E-state index in [-0.39, 0.29) is 5.91 Å². The van der Waals surface area contributed by atoms with Gasteiger partial charge in [0.1, 0.15) is 0 Å². The smallest absolute Gasteiger partial charge is 0.338 e. The highest BCUT2D eigenvalue weighted by molar-refractivity contribution is 5.91. The number of para-hydroxylation sites is 1. The summed E-state index contributed by atoms with van der Waals surface area (Å²) < 4.78 is 39.8. The molecule has 0 aliphatic rings. The predicted octanol–water partition coefficient (Wildman–Crippen LogP) is 5.18. The fourth-order valence-electron chi connectivity index (χ4n) is 3.12. The number of nitrogens with zero attached hydrogens (tertiary/aromatic N) is 3. The van der Waals surface area contributed by atoms with Gasteiger partial charge in [0.05, 0.1) is 16.9 Å². The van der Waals surface area contributed by atoms with Gasteiger partial charge >= 0.3 is 6.18 Å². The Balaban J connectivity index is 1.70. The average Bonchev–Trinajstić information content (AvgIpc) is 3.00. The number of alkyl halides is 3. The summed E-state index contributed by atoms with van der Waals surface area (Å²) in [4.78, 5) is 14.0. The molecule has 0 spiro atoms. The third-order valence-corrected chi connectivity index (χ3v) is 4.87. The van der Waals surface area contributed by atoms with E-state index in [1.807, 2.05) is 48.9 Å². The maximum Gasteiger partial charge on any atom is 0.416 e. The molecule has 3 aromatic rings. The van der Waals surface area contributed by atoms with Gasteiger partial charge < -0.3 is 4.90 Å². The molecule has 0 saturated heterocycles. The summed E-state index contributed by atoms with van der Waals surface area (Å²) in [5.41, 5.74) is 3.49. The Hall–Kier alpha value is -3.35. The molecule has 3 rings (SSSR count). The first kappa shape index (κ1) is 21.4. The molecule has 1 aromatic heterocycles. The van der Waals surface area contributed by atoms with Gasteiger partial charge in [-0.15, -0.1) is 0 Å². The van der Waals surface area contributed by atoms with Crippen LogP contribution in [-0.2, 0) is 17.5 Å². The molecule has 0 fully saturated rings. The van der Waals surface area contributed by atoms with Crippen LogP contribution in [0.15, 0.2) is 60.7 Å². The van der Waals surface area contributed by atoms with Crippen molar-refractivity contribution in [1.82, 2.24) is 14.7 Å². The Kier molecular flexibility index (Phi) is 6.10. The summed E-state index contributed by atoms with van der Waals surface area (Å²) in [7, 11) is 1.68. The monoisotopic (exact) mass is 413 g/mol. The fraction of sp³-hybridized carbons (Fsp3) is 0.217. The van der Waals surface area contributed by atoms with Gasteiger partial charge in [-0.2, -0.15) is 18.3 Å². The molecule has 0 unspecified atom stereocenters. The molecule has 156 valence electrons. The number of benzene rings is 2. The van der Waals surface area contributed by atoms with Gasteiger partial charge in [-0.25, -0.2) is 4.68 Å². The summed E-state index contributed by atoms with van der Waals surface area (Å²) in [5.74, 6) is -0.249. The molecule has 2 aromatic carbocycles. The molecule has 0 N–H and O–H groups in total. The van der Waals surface area contributed by atoms with Crippen molar-refractivity contribution < 1.29 is 18.0 Å². The Bertz CT molecular complexity index is 1050. The number of aromatic nitrogens is 2. The van der Waals surface area contributed by atoms with E-state index in [9.17, 15) is 18.0 Å². The van der Waals surface area contributed by atoms with Crippen LogP contribution in [0.5, 0.6) is 0 Å². The first-order valence-corrected chi connectivity index (χ1v) is 9.38. The zero-order valence-electron chi connectivity index (χ0n) is 16.9. The third kappa shape index (κ3) is 4.79. The summed E-state index contributed by atoms with van der Waals surface area (Å²) in [5, 5.41) is 4.58. The summed E-state index contributed by atoms with van der Waals surface area (Å²) >= 11 is 0. The molecule has 0 aliphatic carbocycles. The maximum absolute atomic E-state index is 12.6. The first-order chi connectivity index (χ1) is 14.2. The van der Waals surface area contributed by atoms with Crippen molar-refractivity contribution in [1.29, 1.82) is 0 Å². The van der Waals surface area contributed by atoms with Gasteiger partial charge in [0.15, 0.2) is 0 Å². The Morgan fingerprint density at radius 1 is 1.07 bits per heavy atom. The maximum atomic E-state index is 12.6. The van der Waals surface area contributed by atoms with Crippen LogP contribution >= 0.6 is 0 Å². The highest BCUT2D eigenvalue weighted by Gasteiger charge is 2.29. The van der Waals surface area contributed by atoms with E-state index in [2.05, 4.69) is 5.10 Å². The van der Waals surface area contributed by atoms with Crippen LogP contribution in [-0.4, -0.2) is 27.6 Å². The van der Waals surface area contributed by atoms with E-state index in [4.69, 9.17) is 0 Å². The lowest BCUT2D eigenvalue weighted by Crippen LogP contribution is -2.24. The highest BCUT2D eigenvalue weighted by atomic mass is 19.4. The van der Waals surface area contributed by atoms with Crippen molar-refractivity contribution >= 4 is 12.0 Å². The SMILES string of the molecule is Cc1nn(-c2ccccc2)c(C)c1CN(C)C(=O)/C=C/c1ccc(C(F)(F)F)cc1. The molecule has 0 saturated carbocycles. The summed E-state index contributed by atoms with van der Waals surface area (Å²) in [6, 6.07) is 14.4. The van der Waals surface area contributed by atoms with Gasteiger partial charge in [-0.1, -0.05) is 30.3 Å². The number of carbonyl (C=O) groups excluding carboxylic acids is 1. The number of likely N-dealkylation sites (N-methyl/N-ethyl adjacent to an activating group) is 1. The van der Waals surface area contributed by atoms with Crippen molar-refractivity contribution in [3.05, 3.63) is 88.8 Å². The highest BCUT2D eigenvalue weighted by Crippen LogP contribution is 2.29. The van der Waals surface area contributed by atoms with Crippen LogP contribution in [0.2, 0.25) is 0 Å². The molecule has 4 nitrogen and oxygen atoms in total. The molecule has 7 heteroatoms. The lowest BCUT2D eigenvalue weighted by Gasteiger charge is -2.15. The van der Waals surface area contributed by atoms with Gasteiger partial charge in [-0.3, -0.25) is 4.79 Å². The normalized spacial score (nSPS) is 11.8. The fourth-order valence-corrected chi connectivity index (χ4v) is 3.12. The van der Waals surface area contributed by atoms with Crippen LogP contribution in [0.25, 0.3) is 11.8 Å². The molecule has 30 heavy (non-hydrogen) atoms. The Morgan fingerprint density at radius 3 is 2.30 bits per heavy atom. The van der Waals surface area contributed by atoms with E-state index in [1.165, 1.54) is 24.3 Å². The largest absolute Gasteiger partial charge is 0.416 e. The molecule has 1 amide bonds. The van der Waals surface area contributed by atoms with Crippen molar-refractivity contribution in [3.8, 4) is 5.69 Å². The van der Waals surface area contributed by atoms with E-state index in [0.717, 1.165) is 34.8 Å². The second-order valence-electron chi connectivity index (χ2n) is 7.04. The first-order valence-electron chi connectivity index (χ1n) is 9.38. The number of hydrogen-bond acceptors (Lipinski definition) is 2. The molecule has 0 bridgehead atoms. The van der Waals surface area contributed by atoms with Crippen molar-refractivity contribution in [2.45, 2.75) is 26.6 Å². The van der Waals surface area contributed by atoms with Crippen molar-refractivity contribution in [2.24, 2.45) is 0 Å². The number of hydrogen-bond donors (Lipinski definition) is 0. The van der Waals surface area contributed by atoms with Crippen LogP contribution < -0.4 is 0 Å². The number of amides is 1. The molecule has 0 aliphatic heterocycles. The molecule has 0 radical (unpaired) electrons. The lowest BCUT2D eigenvalue weighted by molar-refractivity contribution is -0.137. The van der Waals surface area contributed by atoms with E-state index >= 15 is 0 Å². The molecular formula is C23H22F3N3O. The van der Waals surface area contributed by atoms with Gasteiger partial charge in [-0.05, 0) is 49.8 Å². The minimum atomic E-state index is -4.38. The third-order valence-electron chi connectivity index (χ3n) is 4.87. The topological polar surface area (TPSA) is 38.1 Å². The number of aryl methyl sites for hydroxylation is 1. The molecule has 1 heterocycles. The van der Waals surface area contributed by atoms with Gasteiger partial charge in [0.2, 0.25) is 5.91 Å². The second-order valence-corrected chi connectivity index (χ2v) is 7.04. The van der Waals surface area contributed by atoms with E-state index in [1.54, 1.807) is 11.9 Å². The zero-order valence-corrected chi connectivity index (χ0v) is 16.9. The van der Waals surface area contributed by atoms with Crippen LogP contribution in [0.3, 0.4) is 0 Å². The minimum Gasteiger partial charge on any atom is -0.338 e. The summed E-state index contributed by atoms with van der Waals surface area (Å²) in [6.45, 7) is 4.23. The van der Waals surface area contributed by atoms with E-state index in [0.29, 0.717) is 12.1 Å². The Morgan fingerprint density at radius 2 is 1.70 bits per heavy atom.